The quantitative estimate of drug-likeness (QED) is 0.459. The van der Waals surface area contributed by atoms with E-state index in [0.29, 0.717) is 31.9 Å². The van der Waals surface area contributed by atoms with Gasteiger partial charge in [-0.25, -0.2) is 8.42 Å². The zero-order chi connectivity index (χ0) is 15.9. The van der Waals surface area contributed by atoms with E-state index in [0.717, 1.165) is 0 Å². The summed E-state index contributed by atoms with van der Waals surface area (Å²) >= 11 is 0. The summed E-state index contributed by atoms with van der Waals surface area (Å²) in [5, 5.41) is 8.98. The van der Waals surface area contributed by atoms with Crippen LogP contribution in [0.15, 0.2) is 4.99 Å². The minimum absolute atomic E-state index is 0.0342. The molecule has 3 N–H and O–H groups in total. The fraction of sp³-hybridized carbons (Fsp3) is 0.846. The molecule has 0 aromatic rings. The largest absolute Gasteiger partial charge is 0.357 e. The van der Waals surface area contributed by atoms with Crippen molar-refractivity contribution >= 4 is 21.7 Å². The molecule has 0 aromatic carbocycles. The Morgan fingerprint density at radius 3 is 2.62 bits per heavy atom. The van der Waals surface area contributed by atoms with E-state index in [2.05, 4.69) is 20.9 Å². The third-order valence-electron chi connectivity index (χ3n) is 2.98. The molecule has 1 amide bonds. The van der Waals surface area contributed by atoms with Gasteiger partial charge in [0, 0.05) is 25.0 Å². The highest BCUT2D eigenvalue weighted by atomic mass is 32.2. The number of carbonyl (C=O) groups is 1. The van der Waals surface area contributed by atoms with Gasteiger partial charge >= 0.3 is 0 Å². The van der Waals surface area contributed by atoms with Crippen molar-refractivity contribution in [3.63, 3.8) is 0 Å². The van der Waals surface area contributed by atoms with Gasteiger partial charge in [-0.15, -0.1) is 0 Å². The highest BCUT2D eigenvalue weighted by Crippen LogP contribution is 2.10. The smallest absolute Gasteiger partial charge is 0.222 e. The molecule has 0 saturated carbocycles. The van der Waals surface area contributed by atoms with Crippen LogP contribution in [0.25, 0.3) is 0 Å². The average molecular weight is 318 g/mol. The zero-order valence-electron chi connectivity index (χ0n) is 13.0. The Bertz CT molecular complexity index is 474. The molecule has 1 aliphatic rings. The lowest BCUT2D eigenvalue weighted by molar-refractivity contribution is -0.121. The maximum Gasteiger partial charge on any atom is 0.222 e. The van der Waals surface area contributed by atoms with Crippen LogP contribution >= 0.6 is 0 Å². The number of carbonyl (C=O) groups excluding carboxylic acids is 1. The summed E-state index contributed by atoms with van der Waals surface area (Å²) in [5.74, 6) is 0.900. The lowest BCUT2D eigenvalue weighted by Gasteiger charge is -2.15. The number of nitrogens with zero attached hydrogens (tertiary/aromatic N) is 1. The van der Waals surface area contributed by atoms with Crippen molar-refractivity contribution < 1.29 is 13.2 Å². The molecule has 1 atom stereocenters. The summed E-state index contributed by atoms with van der Waals surface area (Å²) in [6.07, 6.45) is 0.915. The van der Waals surface area contributed by atoms with Crippen molar-refractivity contribution in [1.82, 2.24) is 16.0 Å². The molecule has 0 spiro atoms. The standard InChI is InChI=1S/C13H26N4O3S/c1-4-14-13(15-7-5-12(18)16-10(2)3)17-11-6-8-21(19,20)9-11/h10-11H,4-9H2,1-3H3,(H,16,18)(H2,14,15,17). The zero-order valence-corrected chi connectivity index (χ0v) is 13.8. The van der Waals surface area contributed by atoms with E-state index < -0.39 is 9.84 Å². The number of sulfone groups is 1. The molecular weight excluding hydrogens is 292 g/mol. The molecule has 0 aromatic heterocycles. The van der Waals surface area contributed by atoms with Crippen molar-refractivity contribution in [2.24, 2.45) is 4.99 Å². The Labute approximate surface area is 126 Å². The van der Waals surface area contributed by atoms with Gasteiger partial charge in [0.15, 0.2) is 15.8 Å². The molecule has 122 valence electrons. The maximum atomic E-state index is 11.5. The summed E-state index contributed by atoms with van der Waals surface area (Å²) in [6, 6.07) is 0.0221. The van der Waals surface area contributed by atoms with Crippen molar-refractivity contribution in [3.8, 4) is 0 Å². The van der Waals surface area contributed by atoms with Crippen molar-refractivity contribution in [2.45, 2.75) is 45.7 Å². The number of hydrogen-bond donors (Lipinski definition) is 3. The Morgan fingerprint density at radius 2 is 2.10 bits per heavy atom. The first kappa shape index (κ1) is 17.7. The molecular formula is C13H26N4O3S. The van der Waals surface area contributed by atoms with E-state index in [-0.39, 0.29) is 29.5 Å². The molecule has 21 heavy (non-hydrogen) atoms. The summed E-state index contributed by atoms with van der Waals surface area (Å²) in [4.78, 5) is 15.8. The predicted octanol–water partition coefficient (Wildman–Crippen LogP) is -0.357. The molecule has 0 bridgehead atoms. The molecule has 8 heteroatoms. The second-order valence-electron chi connectivity index (χ2n) is 5.48. The normalized spacial score (nSPS) is 21.3. The van der Waals surface area contributed by atoms with Crippen LogP contribution in [0.1, 0.15) is 33.6 Å². The van der Waals surface area contributed by atoms with Gasteiger partial charge in [0.2, 0.25) is 5.91 Å². The average Bonchev–Trinajstić information content (AvgIpc) is 2.68. The Hall–Kier alpha value is -1.31. The van der Waals surface area contributed by atoms with Gasteiger partial charge in [-0.1, -0.05) is 0 Å². The van der Waals surface area contributed by atoms with Crippen molar-refractivity contribution in [2.75, 3.05) is 24.6 Å². The second kappa shape index (κ2) is 8.21. The number of hydrogen-bond acceptors (Lipinski definition) is 4. The van der Waals surface area contributed by atoms with E-state index in [1.165, 1.54) is 0 Å². The minimum atomic E-state index is -2.91. The van der Waals surface area contributed by atoms with Gasteiger partial charge in [0.25, 0.3) is 0 Å². The van der Waals surface area contributed by atoms with Gasteiger partial charge in [0.05, 0.1) is 18.1 Å². The Balaban J connectivity index is 2.45. The topological polar surface area (TPSA) is 99.7 Å². The third kappa shape index (κ3) is 7.31. The second-order valence-corrected chi connectivity index (χ2v) is 7.71. The third-order valence-corrected chi connectivity index (χ3v) is 4.74. The van der Waals surface area contributed by atoms with Crippen LogP contribution in [-0.2, 0) is 14.6 Å². The van der Waals surface area contributed by atoms with Crippen molar-refractivity contribution in [1.29, 1.82) is 0 Å². The maximum absolute atomic E-state index is 11.5. The molecule has 1 aliphatic heterocycles. The molecule has 0 aliphatic carbocycles. The molecule has 0 radical (unpaired) electrons. The van der Waals surface area contributed by atoms with Crippen LogP contribution in [0.5, 0.6) is 0 Å². The summed E-state index contributed by atoms with van der Waals surface area (Å²) < 4.78 is 22.9. The Kier molecular flexibility index (Phi) is 6.94. The van der Waals surface area contributed by atoms with E-state index in [4.69, 9.17) is 0 Å². The SMILES string of the molecule is CCNC(=NCCC(=O)NC(C)C)NC1CCS(=O)(=O)C1. The van der Waals surface area contributed by atoms with E-state index >= 15 is 0 Å². The molecule has 1 saturated heterocycles. The lowest BCUT2D eigenvalue weighted by atomic mass is 10.3. The molecule has 1 fully saturated rings. The van der Waals surface area contributed by atoms with Crippen LogP contribution < -0.4 is 16.0 Å². The highest BCUT2D eigenvalue weighted by Gasteiger charge is 2.28. The van der Waals surface area contributed by atoms with Crippen molar-refractivity contribution in [3.05, 3.63) is 0 Å². The van der Waals surface area contributed by atoms with E-state index in [1.807, 2.05) is 20.8 Å². The number of aliphatic imine (C=N–C) groups is 1. The monoisotopic (exact) mass is 318 g/mol. The molecule has 1 heterocycles. The first-order chi connectivity index (χ1) is 9.82. The van der Waals surface area contributed by atoms with E-state index in [1.54, 1.807) is 0 Å². The van der Waals surface area contributed by atoms with Gasteiger partial charge in [-0.2, -0.15) is 0 Å². The van der Waals surface area contributed by atoms with Gasteiger partial charge in [-0.3, -0.25) is 9.79 Å². The van der Waals surface area contributed by atoms with E-state index in [9.17, 15) is 13.2 Å². The minimum Gasteiger partial charge on any atom is -0.357 e. The van der Waals surface area contributed by atoms with Gasteiger partial charge in [-0.05, 0) is 27.2 Å². The van der Waals surface area contributed by atoms with Crippen LogP contribution in [0.4, 0.5) is 0 Å². The number of rotatable bonds is 6. The molecule has 7 nitrogen and oxygen atoms in total. The fourth-order valence-electron chi connectivity index (χ4n) is 2.09. The first-order valence-electron chi connectivity index (χ1n) is 7.37. The summed E-state index contributed by atoms with van der Waals surface area (Å²) in [7, 11) is -2.91. The summed E-state index contributed by atoms with van der Waals surface area (Å²) in [5.41, 5.74) is 0. The van der Waals surface area contributed by atoms with Crippen LogP contribution in [0, 0.1) is 0 Å². The van der Waals surface area contributed by atoms with Gasteiger partial charge in [0.1, 0.15) is 0 Å². The van der Waals surface area contributed by atoms with Crippen LogP contribution in [-0.4, -0.2) is 57.0 Å². The molecule has 1 rings (SSSR count). The Morgan fingerprint density at radius 1 is 1.38 bits per heavy atom. The van der Waals surface area contributed by atoms with Crippen LogP contribution in [0.2, 0.25) is 0 Å². The fourth-order valence-corrected chi connectivity index (χ4v) is 3.76. The predicted molar refractivity (Wildman–Crippen MR) is 84.1 cm³/mol. The lowest BCUT2D eigenvalue weighted by Crippen LogP contribution is -2.44. The number of nitrogens with one attached hydrogen (secondary N) is 3. The first-order valence-corrected chi connectivity index (χ1v) is 9.19. The number of amides is 1. The molecule has 1 unspecified atom stereocenters. The van der Waals surface area contributed by atoms with Crippen LogP contribution in [0.3, 0.4) is 0 Å². The highest BCUT2D eigenvalue weighted by molar-refractivity contribution is 7.91. The summed E-state index contributed by atoms with van der Waals surface area (Å²) in [6.45, 7) is 6.81. The van der Waals surface area contributed by atoms with Gasteiger partial charge < -0.3 is 16.0 Å². The number of guanidine groups is 1.